The summed E-state index contributed by atoms with van der Waals surface area (Å²) in [6.07, 6.45) is 1.59. The minimum atomic E-state index is -0.0713. The Morgan fingerprint density at radius 2 is 1.85 bits per heavy atom. The highest BCUT2D eigenvalue weighted by Gasteiger charge is 2.05. The molecule has 20 heavy (non-hydrogen) atoms. The number of hydrogen-bond acceptors (Lipinski definition) is 3. The summed E-state index contributed by atoms with van der Waals surface area (Å²) in [4.78, 5) is 0. The third-order valence-electron chi connectivity index (χ3n) is 2.69. The molecule has 0 fully saturated rings. The molecule has 2 aromatic carbocycles. The maximum absolute atomic E-state index is 5.39. The van der Waals surface area contributed by atoms with Crippen molar-refractivity contribution in [2.75, 3.05) is 7.11 Å². The molecule has 0 saturated heterocycles. The zero-order valence-corrected chi connectivity index (χ0v) is 11.2. The first-order valence-electron chi connectivity index (χ1n) is 6.06. The van der Waals surface area contributed by atoms with Gasteiger partial charge < -0.3 is 16.2 Å². The van der Waals surface area contributed by atoms with E-state index in [0.29, 0.717) is 0 Å². The zero-order valence-electron chi connectivity index (χ0n) is 11.2. The van der Waals surface area contributed by atoms with Crippen molar-refractivity contribution >= 4 is 12.2 Å². The van der Waals surface area contributed by atoms with Crippen LogP contribution in [0.1, 0.15) is 5.56 Å². The van der Waals surface area contributed by atoms with Gasteiger partial charge in [-0.3, -0.25) is 0 Å². The maximum Gasteiger partial charge on any atom is 0.211 e. The molecule has 0 aliphatic rings. The average Bonchev–Trinajstić information content (AvgIpc) is 2.47. The second-order valence-electron chi connectivity index (χ2n) is 4.10. The number of nitrogens with two attached hydrogens (primary N) is 2. The van der Waals surface area contributed by atoms with Crippen molar-refractivity contribution in [3.05, 3.63) is 54.1 Å². The Bertz CT molecular complexity index is 632. The van der Waals surface area contributed by atoms with E-state index < -0.39 is 0 Å². The van der Waals surface area contributed by atoms with Gasteiger partial charge in [-0.05, 0) is 29.3 Å². The summed E-state index contributed by atoms with van der Waals surface area (Å²) in [5.74, 6) is 0.730. The minimum absolute atomic E-state index is 0.0713. The Labute approximate surface area is 117 Å². The molecule has 4 N–H and O–H groups in total. The summed E-state index contributed by atoms with van der Waals surface area (Å²) in [7, 11) is 1.65. The fraction of sp³-hybridized carbons (Fsp3) is 0.0667. The van der Waals surface area contributed by atoms with Gasteiger partial charge >= 0.3 is 0 Å². The minimum Gasteiger partial charge on any atom is -0.496 e. The van der Waals surface area contributed by atoms with E-state index in [-0.39, 0.29) is 5.96 Å². The lowest BCUT2D eigenvalue weighted by Gasteiger charge is -2.09. The number of ether oxygens (including phenoxy) is 1. The van der Waals surface area contributed by atoms with Crippen molar-refractivity contribution in [1.82, 2.24) is 0 Å². The standard InChI is InChI=1S/C15H16N4O/c1-20-14-8-7-11(10-18-19-15(16)17)9-13(14)12-5-3-2-4-6-12/h2-10H,1H3,(H4,16,17,19). The number of nitrogens with zero attached hydrogens (tertiary/aromatic N) is 2. The lowest BCUT2D eigenvalue weighted by Crippen LogP contribution is -2.21. The lowest BCUT2D eigenvalue weighted by molar-refractivity contribution is 0.416. The summed E-state index contributed by atoms with van der Waals surface area (Å²) >= 11 is 0. The molecule has 0 heterocycles. The molecule has 2 rings (SSSR count). The molecule has 2 aromatic rings. The SMILES string of the molecule is COc1ccc(C=NN=C(N)N)cc1-c1ccccc1. The Morgan fingerprint density at radius 1 is 1.10 bits per heavy atom. The smallest absolute Gasteiger partial charge is 0.211 e. The Kier molecular flexibility index (Phi) is 4.34. The molecule has 102 valence electrons. The summed E-state index contributed by atoms with van der Waals surface area (Å²) in [5.41, 5.74) is 13.4. The van der Waals surface area contributed by atoms with Crippen molar-refractivity contribution in [2.24, 2.45) is 21.7 Å². The predicted octanol–water partition coefficient (Wildman–Crippen LogP) is 1.97. The largest absolute Gasteiger partial charge is 0.496 e. The molecule has 5 heteroatoms. The lowest BCUT2D eigenvalue weighted by atomic mass is 10.0. The van der Waals surface area contributed by atoms with Crippen LogP contribution in [0.3, 0.4) is 0 Å². The normalized spacial score (nSPS) is 10.4. The Hall–Kier alpha value is -2.82. The fourth-order valence-electron chi connectivity index (χ4n) is 1.81. The molecule has 0 amide bonds. The van der Waals surface area contributed by atoms with Crippen LogP contribution in [-0.2, 0) is 0 Å². The van der Waals surface area contributed by atoms with Gasteiger partial charge in [0.25, 0.3) is 0 Å². The Balaban J connectivity index is 2.40. The van der Waals surface area contributed by atoms with Crippen LogP contribution in [-0.4, -0.2) is 19.3 Å². The summed E-state index contributed by atoms with van der Waals surface area (Å²) < 4.78 is 5.39. The van der Waals surface area contributed by atoms with Crippen LogP contribution in [0.15, 0.2) is 58.7 Å². The quantitative estimate of drug-likeness (QED) is 0.505. The molecule has 0 spiro atoms. The van der Waals surface area contributed by atoms with Gasteiger partial charge in [-0.15, -0.1) is 5.10 Å². The number of methoxy groups -OCH3 is 1. The van der Waals surface area contributed by atoms with Gasteiger partial charge in [-0.25, -0.2) is 0 Å². The molecule has 0 aliphatic heterocycles. The first-order chi connectivity index (χ1) is 9.70. The molecule has 0 radical (unpaired) electrons. The summed E-state index contributed by atoms with van der Waals surface area (Å²) in [6, 6.07) is 15.7. The second kappa shape index (κ2) is 6.38. The van der Waals surface area contributed by atoms with Crippen LogP contribution in [0, 0.1) is 0 Å². The van der Waals surface area contributed by atoms with Gasteiger partial charge in [-0.2, -0.15) is 5.10 Å². The van der Waals surface area contributed by atoms with Crippen molar-refractivity contribution in [3.8, 4) is 16.9 Å². The number of benzene rings is 2. The number of hydrogen-bond donors (Lipinski definition) is 2. The van der Waals surface area contributed by atoms with Gasteiger partial charge in [-0.1, -0.05) is 30.3 Å². The van der Waals surface area contributed by atoms with Crippen LogP contribution in [0.5, 0.6) is 5.75 Å². The van der Waals surface area contributed by atoms with Crippen LogP contribution < -0.4 is 16.2 Å². The molecular formula is C15H16N4O. The monoisotopic (exact) mass is 268 g/mol. The van der Waals surface area contributed by atoms with Gasteiger partial charge in [0, 0.05) is 5.56 Å². The average molecular weight is 268 g/mol. The highest BCUT2D eigenvalue weighted by atomic mass is 16.5. The molecular weight excluding hydrogens is 252 g/mol. The van der Waals surface area contributed by atoms with Gasteiger partial charge in [0.15, 0.2) is 0 Å². The highest BCUT2D eigenvalue weighted by Crippen LogP contribution is 2.30. The molecule has 0 aliphatic carbocycles. The van der Waals surface area contributed by atoms with E-state index in [2.05, 4.69) is 10.2 Å². The van der Waals surface area contributed by atoms with E-state index in [1.807, 2.05) is 48.5 Å². The summed E-state index contributed by atoms with van der Waals surface area (Å²) in [6.45, 7) is 0. The molecule has 0 aromatic heterocycles. The second-order valence-corrected chi connectivity index (χ2v) is 4.10. The maximum atomic E-state index is 5.39. The molecule has 0 saturated carbocycles. The van der Waals surface area contributed by atoms with Gasteiger partial charge in [0.2, 0.25) is 5.96 Å². The topological polar surface area (TPSA) is 86.0 Å². The van der Waals surface area contributed by atoms with Crippen LogP contribution >= 0.6 is 0 Å². The fourth-order valence-corrected chi connectivity index (χ4v) is 1.81. The third-order valence-corrected chi connectivity index (χ3v) is 2.69. The van der Waals surface area contributed by atoms with Gasteiger partial charge in [0.05, 0.1) is 13.3 Å². The van der Waals surface area contributed by atoms with E-state index in [1.165, 1.54) is 0 Å². The van der Waals surface area contributed by atoms with E-state index in [9.17, 15) is 0 Å². The first-order valence-corrected chi connectivity index (χ1v) is 6.06. The first kappa shape index (κ1) is 13.6. The summed E-state index contributed by atoms with van der Waals surface area (Å²) in [5, 5.41) is 7.38. The van der Waals surface area contributed by atoms with E-state index in [1.54, 1.807) is 13.3 Å². The third kappa shape index (κ3) is 3.35. The van der Waals surface area contributed by atoms with E-state index in [0.717, 1.165) is 22.4 Å². The van der Waals surface area contributed by atoms with Crippen molar-refractivity contribution in [3.63, 3.8) is 0 Å². The van der Waals surface area contributed by atoms with Crippen molar-refractivity contribution < 1.29 is 4.74 Å². The van der Waals surface area contributed by atoms with Crippen molar-refractivity contribution in [2.45, 2.75) is 0 Å². The molecule has 0 atom stereocenters. The number of guanidine groups is 1. The highest BCUT2D eigenvalue weighted by molar-refractivity contribution is 5.85. The van der Waals surface area contributed by atoms with Crippen LogP contribution in [0.4, 0.5) is 0 Å². The Morgan fingerprint density at radius 3 is 2.50 bits per heavy atom. The predicted molar refractivity (Wildman–Crippen MR) is 81.8 cm³/mol. The van der Waals surface area contributed by atoms with Crippen LogP contribution in [0.25, 0.3) is 11.1 Å². The van der Waals surface area contributed by atoms with Crippen LogP contribution in [0.2, 0.25) is 0 Å². The van der Waals surface area contributed by atoms with Crippen molar-refractivity contribution in [1.29, 1.82) is 0 Å². The van der Waals surface area contributed by atoms with E-state index in [4.69, 9.17) is 16.2 Å². The van der Waals surface area contributed by atoms with Gasteiger partial charge in [0.1, 0.15) is 5.75 Å². The molecule has 0 bridgehead atoms. The zero-order chi connectivity index (χ0) is 14.4. The molecule has 0 unspecified atom stereocenters. The van der Waals surface area contributed by atoms with E-state index >= 15 is 0 Å². The molecule has 5 nitrogen and oxygen atoms in total. The number of rotatable bonds is 4.